The molecule has 0 radical (unpaired) electrons. The molecule has 1 rings (SSSR count). The molecule has 0 bridgehead atoms. The lowest BCUT2D eigenvalue weighted by Crippen LogP contribution is -2.42. The molecule has 0 aromatic heterocycles. The SMILES string of the molecule is CC(C)N(CCO)C(=O)C1CCOC1. The predicted octanol–water partition coefficient (Wildman–Crippen LogP) is 0.252. The van der Waals surface area contributed by atoms with E-state index in [1.54, 1.807) is 4.90 Å². The molecule has 0 aromatic rings. The van der Waals surface area contributed by atoms with E-state index in [1.807, 2.05) is 13.8 Å². The van der Waals surface area contributed by atoms with E-state index in [1.165, 1.54) is 0 Å². The van der Waals surface area contributed by atoms with Gasteiger partial charge in [-0.05, 0) is 20.3 Å². The largest absolute Gasteiger partial charge is 0.395 e. The summed E-state index contributed by atoms with van der Waals surface area (Å²) in [5.74, 6) is 0.121. The zero-order valence-electron chi connectivity index (χ0n) is 8.90. The number of carbonyl (C=O) groups is 1. The van der Waals surface area contributed by atoms with Crippen LogP contribution >= 0.6 is 0 Å². The second kappa shape index (κ2) is 5.32. The highest BCUT2D eigenvalue weighted by molar-refractivity contribution is 5.79. The van der Waals surface area contributed by atoms with Crippen molar-refractivity contribution in [3.05, 3.63) is 0 Å². The molecule has 1 N–H and O–H groups in total. The van der Waals surface area contributed by atoms with Gasteiger partial charge < -0.3 is 14.7 Å². The first-order valence-electron chi connectivity index (χ1n) is 5.16. The number of ether oxygens (including phenoxy) is 1. The van der Waals surface area contributed by atoms with E-state index >= 15 is 0 Å². The number of hydrogen-bond acceptors (Lipinski definition) is 3. The molecule has 0 spiro atoms. The second-order valence-corrected chi connectivity index (χ2v) is 3.91. The monoisotopic (exact) mass is 201 g/mol. The highest BCUT2D eigenvalue weighted by Gasteiger charge is 2.28. The summed E-state index contributed by atoms with van der Waals surface area (Å²) in [6.45, 7) is 5.59. The Morgan fingerprint density at radius 2 is 2.36 bits per heavy atom. The molecule has 1 fully saturated rings. The molecule has 14 heavy (non-hydrogen) atoms. The molecule has 4 nitrogen and oxygen atoms in total. The Morgan fingerprint density at radius 1 is 1.64 bits per heavy atom. The van der Waals surface area contributed by atoms with Crippen molar-refractivity contribution in [1.82, 2.24) is 4.90 Å². The molecule has 4 heteroatoms. The lowest BCUT2D eigenvalue weighted by molar-refractivity contribution is -0.137. The highest BCUT2D eigenvalue weighted by Crippen LogP contribution is 2.16. The summed E-state index contributed by atoms with van der Waals surface area (Å²) >= 11 is 0. The summed E-state index contributed by atoms with van der Waals surface area (Å²) in [5.41, 5.74) is 0. The van der Waals surface area contributed by atoms with Crippen molar-refractivity contribution in [2.24, 2.45) is 5.92 Å². The van der Waals surface area contributed by atoms with E-state index in [0.717, 1.165) is 6.42 Å². The van der Waals surface area contributed by atoms with Crippen LogP contribution in [0.3, 0.4) is 0 Å². The van der Waals surface area contributed by atoms with Crippen molar-refractivity contribution >= 4 is 5.91 Å². The number of aliphatic hydroxyl groups is 1. The number of rotatable bonds is 4. The summed E-state index contributed by atoms with van der Waals surface area (Å²) in [6.07, 6.45) is 0.813. The van der Waals surface area contributed by atoms with Crippen molar-refractivity contribution in [3.8, 4) is 0 Å². The number of hydrogen-bond donors (Lipinski definition) is 1. The van der Waals surface area contributed by atoms with Crippen LogP contribution in [0.4, 0.5) is 0 Å². The van der Waals surface area contributed by atoms with Crippen LogP contribution in [0.25, 0.3) is 0 Å². The molecule has 1 amide bonds. The third-order valence-corrected chi connectivity index (χ3v) is 2.53. The quantitative estimate of drug-likeness (QED) is 0.709. The Kier molecular flexibility index (Phi) is 4.35. The van der Waals surface area contributed by atoms with Crippen LogP contribution in [0.15, 0.2) is 0 Å². The van der Waals surface area contributed by atoms with Gasteiger partial charge in [0.2, 0.25) is 5.91 Å². The van der Waals surface area contributed by atoms with Crippen molar-refractivity contribution in [1.29, 1.82) is 0 Å². The van der Waals surface area contributed by atoms with Crippen LogP contribution in [0.1, 0.15) is 20.3 Å². The fourth-order valence-corrected chi connectivity index (χ4v) is 1.69. The van der Waals surface area contributed by atoms with Gasteiger partial charge in [-0.3, -0.25) is 4.79 Å². The van der Waals surface area contributed by atoms with Gasteiger partial charge in [0, 0.05) is 19.2 Å². The fourth-order valence-electron chi connectivity index (χ4n) is 1.69. The van der Waals surface area contributed by atoms with Gasteiger partial charge in [0.05, 0.1) is 19.1 Å². The minimum atomic E-state index is 0.00366. The first-order valence-corrected chi connectivity index (χ1v) is 5.16. The standard InChI is InChI=1S/C10H19NO3/c1-8(2)11(4-5-12)10(13)9-3-6-14-7-9/h8-9,12H,3-7H2,1-2H3. The zero-order chi connectivity index (χ0) is 10.6. The van der Waals surface area contributed by atoms with E-state index in [9.17, 15) is 4.79 Å². The Hall–Kier alpha value is -0.610. The Bertz CT molecular complexity index is 188. The molecule has 1 heterocycles. The Morgan fingerprint density at radius 3 is 2.79 bits per heavy atom. The van der Waals surface area contributed by atoms with Crippen LogP contribution < -0.4 is 0 Å². The van der Waals surface area contributed by atoms with Gasteiger partial charge in [0.15, 0.2) is 0 Å². The van der Waals surface area contributed by atoms with Gasteiger partial charge in [-0.2, -0.15) is 0 Å². The second-order valence-electron chi connectivity index (χ2n) is 3.91. The molecular weight excluding hydrogens is 182 g/mol. The maximum absolute atomic E-state index is 11.9. The average Bonchev–Trinajstić information content (AvgIpc) is 2.65. The van der Waals surface area contributed by atoms with Gasteiger partial charge in [-0.1, -0.05) is 0 Å². The maximum Gasteiger partial charge on any atom is 0.228 e. The third kappa shape index (κ3) is 2.69. The molecule has 1 atom stereocenters. The summed E-state index contributed by atoms with van der Waals surface area (Å²) in [4.78, 5) is 13.6. The molecule has 1 aliphatic heterocycles. The smallest absolute Gasteiger partial charge is 0.228 e. The minimum absolute atomic E-state index is 0.00366. The van der Waals surface area contributed by atoms with E-state index in [0.29, 0.717) is 19.8 Å². The van der Waals surface area contributed by atoms with Gasteiger partial charge >= 0.3 is 0 Å². The Balaban J connectivity index is 2.53. The van der Waals surface area contributed by atoms with E-state index in [-0.39, 0.29) is 24.5 Å². The lowest BCUT2D eigenvalue weighted by atomic mass is 10.1. The van der Waals surface area contributed by atoms with Crippen molar-refractivity contribution in [2.45, 2.75) is 26.3 Å². The molecule has 0 saturated carbocycles. The van der Waals surface area contributed by atoms with E-state index in [2.05, 4.69) is 0 Å². The minimum Gasteiger partial charge on any atom is -0.395 e. The van der Waals surface area contributed by atoms with Crippen molar-refractivity contribution < 1.29 is 14.6 Å². The molecule has 0 aromatic carbocycles. The van der Waals surface area contributed by atoms with Crippen LogP contribution in [0.2, 0.25) is 0 Å². The predicted molar refractivity (Wildman–Crippen MR) is 52.9 cm³/mol. The third-order valence-electron chi connectivity index (χ3n) is 2.53. The topological polar surface area (TPSA) is 49.8 Å². The summed E-state index contributed by atoms with van der Waals surface area (Å²) < 4.78 is 5.18. The van der Waals surface area contributed by atoms with Gasteiger partial charge in [-0.15, -0.1) is 0 Å². The first kappa shape index (κ1) is 11.5. The number of aliphatic hydroxyl groups excluding tert-OH is 1. The maximum atomic E-state index is 11.9. The van der Waals surface area contributed by atoms with Crippen molar-refractivity contribution in [2.75, 3.05) is 26.4 Å². The summed E-state index contributed by atoms with van der Waals surface area (Å²) in [6, 6.07) is 0.148. The zero-order valence-corrected chi connectivity index (χ0v) is 8.90. The molecule has 82 valence electrons. The molecular formula is C10H19NO3. The summed E-state index contributed by atoms with van der Waals surface area (Å²) in [7, 11) is 0. The van der Waals surface area contributed by atoms with Gasteiger partial charge in [-0.25, -0.2) is 0 Å². The van der Waals surface area contributed by atoms with E-state index < -0.39 is 0 Å². The van der Waals surface area contributed by atoms with Crippen LogP contribution in [-0.4, -0.2) is 48.3 Å². The van der Waals surface area contributed by atoms with Crippen molar-refractivity contribution in [3.63, 3.8) is 0 Å². The number of amides is 1. The van der Waals surface area contributed by atoms with Gasteiger partial charge in [0.1, 0.15) is 0 Å². The normalized spacial score (nSPS) is 21.6. The molecule has 1 unspecified atom stereocenters. The lowest BCUT2D eigenvalue weighted by Gasteiger charge is -2.28. The number of nitrogens with zero attached hydrogens (tertiary/aromatic N) is 1. The van der Waals surface area contributed by atoms with Crippen LogP contribution in [0.5, 0.6) is 0 Å². The molecule has 0 aliphatic carbocycles. The van der Waals surface area contributed by atoms with Gasteiger partial charge in [0.25, 0.3) is 0 Å². The van der Waals surface area contributed by atoms with Crippen LogP contribution in [0, 0.1) is 5.92 Å². The average molecular weight is 201 g/mol. The molecule has 1 aliphatic rings. The highest BCUT2D eigenvalue weighted by atomic mass is 16.5. The first-order chi connectivity index (χ1) is 6.66. The fraction of sp³-hybridized carbons (Fsp3) is 0.900. The van der Waals surface area contributed by atoms with E-state index in [4.69, 9.17) is 9.84 Å². The Labute approximate surface area is 84.8 Å². The van der Waals surface area contributed by atoms with Crippen LogP contribution in [-0.2, 0) is 9.53 Å². The molecule has 1 saturated heterocycles. The number of carbonyl (C=O) groups excluding carboxylic acids is 1. The summed E-state index contributed by atoms with van der Waals surface area (Å²) in [5, 5.41) is 8.85.